The van der Waals surface area contributed by atoms with E-state index in [0.717, 1.165) is 18.4 Å². The normalized spacial score (nSPS) is 20.5. The highest BCUT2D eigenvalue weighted by Gasteiger charge is 2.28. The summed E-state index contributed by atoms with van der Waals surface area (Å²) in [5.41, 5.74) is 7.90. The minimum atomic E-state index is -0.351. The summed E-state index contributed by atoms with van der Waals surface area (Å²) >= 11 is 5.90. The number of halogens is 2. The fourth-order valence-electron chi connectivity index (χ4n) is 2.98. The van der Waals surface area contributed by atoms with Crippen LogP contribution in [0.4, 0.5) is 10.1 Å². The van der Waals surface area contributed by atoms with E-state index in [4.69, 9.17) is 17.3 Å². The Kier molecular flexibility index (Phi) is 4.64. The van der Waals surface area contributed by atoms with Crippen LogP contribution in [0, 0.1) is 11.7 Å². The molecule has 2 atom stereocenters. The van der Waals surface area contributed by atoms with Gasteiger partial charge in [-0.1, -0.05) is 23.7 Å². The monoisotopic (exact) mass is 332 g/mol. The summed E-state index contributed by atoms with van der Waals surface area (Å²) in [4.78, 5) is 12.4. The summed E-state index contributed by atoms with van der Waals surface area (Å²) in [5, 5.41) is 3.53. The Morgan fingerprint density at radius 2 is 1.91 bits per heavy atom. The van der Waals surface area contributed by atoms with Crippen LogP contribution in [0.25, 0.3) is 11.1 Å². The SMILES string of the molecule is NC1CCC(C(=O)Nc2ccc(F)cc2-c2ccc(Cl)cc2)C1. The molecule has 0 aromatic heterocycles. The lowest BCUT2D eigenvalue weighted by Crippen LogP contribution is -2.23. The predicted molar refractivity (Wildman–Crippen MR) is 90.8 cm³/mol. The van der Waals surface area contributed by atoms with Gasteiger partial charge in [-0.2, -0.15) is 0 Å². The van der Waals surface area contributed by atoms with Gasteiger partial charge in [0.05, 0.1) is 0 Å². The number of hydrogen-bond acceptors (Lipinski definition) is 2. The van der Waals surface area contributed by atoms with E-state index in [1.54, 1.807) is 30.3 Å². The molecule has 5 heteroatoms. The molecule has 0 heterocycles. The molecule has 3 nitrogen and oxygen atoms in total. The lowest BCUT2D eigenvalue weighted by molar-refractivity contribution is -0.119. The molecule has 2 aromatic rings. The van der Waals surface area contributed by atoms with Crippen molar-refractivity contribution in [2.45, 2.75) is 25.3 Å². The second-order valence-corrected chi connectivity index (χ2v) is 6.39. The first kappa shape index (κ1) is 16.0. The van der Waals surface area contributed by atoms with Gasteiger partial charge in [-0.3, -0.25) is 4.79 Å². The van der Waals surface area contributed by atoms with Gasteiger partial charge in [-0.15, -0.1) is 0 Å². The van der Waals surface area contributed by atoms with Crippen LogP contribution in [0.5, 0.6) is 0 Å². The molecule has 2 unspecified atom stereocenters. The highest BCUT2D eigenvalue weighted by molar-refractivity contribution is 6.30. The van der Waals surface area contributed by atoms with E-state index in [1.165, 1.54) is 12.1 Å². The Bertz CT molecular complexity index is 717. The summed E-state index contributed by atoms with van der Waals surface area (Å²) in [6.07, 6.45) is 2.36. The first-order chi connectivity index (χ1) is 11.0. The summed E-state index contributed by atoms with van der Waals surface area (Å²) in [5.74, 6) is -0.483. The highest BCUT2D eigenvalue weighted by atomic mass is 35.5. The first-order valence-electron chi connectivity index (χ1n) is 7.65. The number of anilines is 1. The zero-order valence-electron chi connectivity index (χ0n) is 12.6. The fraction of sp³-hybridized carbons (Fsp3) is 0.278. The van der Waals surface area contributed by atoms with Crippen LogP contribution < -0.4 is 11.1 Å². The van der Waals surface area contributed by atoms with Crippen LogP contribution in [-0.4, -0.2) is 11.9 Å². The molecule has 23 heavy (non-hydrogen) atoms. The predicted octanol–water partition coefficient (Wildman–Crippen LogP) is 4.21. The molecule has 3 rings (SSSR count). The van der Waals surface area contributed by atoms with E-state index in [1.807, 2.05) is 0 Å². The van der Waals surface area contributed by atoms with Crippen molar-refractivity contribution in [3.8, 4) is 11.1 Å². The van der Waals surface area contributed by atoms with Crippen molar-refractivity contribution >= 4 is 23.2 Å². The molecule has 2 aromatic carbocycles. The lowest BCUT2D eigenvalue weighted by atomic mass is 10.0. The van der Waals surface area contributed by atoms with Crippen LogP contribution in [0.15, 0.2) is 42.5 Å². The van der Waals surface area contributed by atoms with E-state index in [-0.39, 0.29) is 23.7 Å². The Labute approximate surface area is 139 Å². The Balaban J connectivity index is 1.87. The van der Waals surface area contributed by atoms with Gasteiger partial charge >= 0.3 is 0 Å². The van der Waals surface area contributed by atoms with Crippen LogP contribution in [0.3, 0.4) is 0 Å². The van der Waals surface area contributed by atoms with Gasteiger partial charge in [0.2, 0.25) is 5.91 Å². The van der Waals surface area contributed by atoms with Gasteiger partial charge in [-0.25, -0.2) is 4.39 Å². The van der Waals surface area contributed by atoms with Crippen molar-refractivity contribution in [2.75, 3.05) is 5.32 Å². The molecule has 1 amide bonds. The molecule has 120 valence electrons. The summed E-state index contributed by atoms with van der Waals surface area (Å²) in [7, 11) is 0. The van der Waals surface area contributed by atoms with Crippen molar-refractivity contribution in [1.29, 1.82) is 0 Å². The lowest BCUT2D eigenvalue weighted by Gasteiger charge is -2.15. The number of carbonyl (C=O) groups is 1. The number of carbonyl (C=O) groups excluding carboxylic acids is 1. The van der Waals surface area contributed by atoms with Crippen LogP contribution in [0.1, 0.15) is 19.3 Å². The average Bonchev–Trinajstić information content (AvgIpc) is 2.96. The first-order valence-corrected chi connectivity index (χ1v) is 8.02. The Morgan fingerprint density at radius 1 is 1.17 bits per heavy atom. The van der Waals surface area contributed by atoms with E-state index >= 15 is 0 Å². The zero-order chi connectivity index (χ0) is 16.4. The Morgan fingerprint density at radius 3 is 2.57 bits per heavy atom. The molecule has 1 aliphatic carbocycles. The standard InChI is InChI=1S/C18H18ClFN2O/c19-13-4-1-11(2-5-13)16-10-14(20)6-8-17(16)22-18(23)12-3-7-15(21)9-12/h1-2,4-6,8,10,12,15H,3,7,9,21H2,(H,22,23). The minimum absolute atomic E-state index is 0.0558. The third kappa shape index (κ3) is 3.71. The summed E-state index contributed by atoms with van der Waals surface area (Å²) < 4.78 is 13.6. The fourth-order valence-corrected chi connectivity index (χ4v) is 3.11. The summed E-state index contributed by atoms with van der Waals surface area (Å²) in [6.45, 7) is 0. The van der Waals surface area contributed by atoms with E-state index < -0.39 is 0 Å². The molecule has 3 N–H and O–H groups in total. The van der Waals surface area contributed by atoms with Crippen LogP contribution >= 0.6 is 11.6 Å². The van der Waals surface area contributed by atoms with Crippen molar-refractivity contribution in [3.63, 3.8) is 0 Å². The van der Waals surface area contributed by atoms with Crippen molar-refractivity contribution in [2.24, 2.45) is 11.7 Å². The van der Waals surface area contributed by atoms with Gasteiger partial charge in [0, 0.05) is 28.2 Å². The number of amides is 1. The van der Waals surface area contributed by atoms with Crippen molar-refractivity contribution in [1.82, 2.24) is 0 Å². The molecule has 1 fully saturated rings. The Hall–Kier alpha value is -1.91. The van der Waals surface area contributed by atoms with Crippen molar-refractivity contribution < 1.29 is 9.18 Å². The number of rotatable bonds is 3. The molecule has 0 spiro atoms. The van der Waals surface area contributed by atoms with Gasteiger partial charge < -0.3 is 11.1 Å². The van der Waals surface area contributed by atoms with Gasteiger partial charge in [0.1, 0.15) is 5.82 Å². The largest absolute Gasteiger partial charge is 0.328 e. The molecule has 1 aliphatic rings. The number of benzene rings is 2. The maximum atomic E-state index is 13.6. The molecule has 0 aliphatic heterocycles. The molecular formula is C18H18ClFN2O. The highest BCUT2D eigenvalue weighted by Crippen LogP contribution is 2.32. The zero-order valence-corrected chi connectivity index (χ0v) is 13.3. The second-order valence-electron chi connectivity index (χ2n) is 5.96. The average molecular weight is 333 g/mol. The summed E-state index contributed by atoms with van der Waals surface area (Å²) in [6, 6.07) is 11.5. The van der Waals surface area contributed by atoms with Gasteiger partial charge in [0.25, 0.3) is 0 Å². The smallest absolute Gasteiger partial charge is 0.227 e. The van der Waals surface area contributed by atoms with Crippen LogP contribution in [-0.2, 0) is 4.79 Å². The number of nitrogens with two attached hydrogens (primary N) is 1. The third-order valence-corrected chi connectivity index (χ3v) is 4.49. The number of hydrogen-bond donors (Lipinski definition) is 2. The molecule has 0 saturated heterocycles. The van der Waals surface area contributed by atoms with Crippen molar-refractivity contribution in [3.05, 3.63) is 53.3 Å². The molecule has 0 bridgehead atoms. The number of nitrogens with one attached hydrogen (secondary N) is 1. The maximum absolute atomic E-state index is 13.6. The second kappa shape index (κ2) is 6.69. The molecular weight excluding hydrogens is 315 g/mol. The quantitative estimate of drug-likeness (QED) is 0.884. The topological polar surface area (TPSA) is 55.1 Å². The van der Waals surface area contributed by atoms with E-state index in [2.05, 4.69) is 5.32 Å². The third-order valence-electron chi connectivity index (χ3n) is 4.24. The van der Waals surface area contributed by atoms with Gasteiger partial charge in [0.15, 0.2) is 0 Å². The maximum Gasteiger partial charge on any atom is 0.227 e. The van der Waals surface area contributed by atoms with E-state index in [0.29, 0.717) is 22.7 Å². The van der Waals surface area contributed by atoms with Crippen LogP contribution in [0.2, 0.25) is 5.02 Å². The molecule has 1 saturated carbocycles. The molecule has 0 radical (unpaired) electrons. The van der Waals surface area contributed by atoms with E-state index in [9.17, 15) is 9.18 Å². The minimum Gasteiger partial charge on any atom is -0.328 e. The van der Waals surface area contributed by atoms with Gasteiger partial charge in [-0.05, 0) is 55.2 Å².